The maximum Gasteiger partial charge on any atom is 0.328 e. The van der Waals surface area contributed by atoms with E-state index in [0.717, 1.165) is 47.3 Å². The van der Waals surface area contributed by atoms with E-state index in [-0.39, 0.29) is 11.7 Å². The summed E-state index contributed by atoms with van der Waals surface area (Å²) >= 11 is 0. The van der Waals surface area contributed by atoms with E-state index in [4.69, 9.17) is 0 Å². The van der Waals surface area contributed by atoms with E-state index < -0.39 is 11.9 Å². The van der Waals surface area contributed by atoms with E-state index in [9.17, 15) is 14.7 Å². The molecule has 2 unspecified atom stereocenters. The second-order valence-electron chi connectivity index (χ2n) is 8.91. The van der Waals surface area contributed by atoms with Crippen LogP contribution in [0.2, 0.25) is 0 Å². The van der Waals surface area contributed by atoms with Crippen LogP contribution in [0.4, 0.5) is 0 Å². The van der Waals surface area contributed by atoms with Crippen molar-refractivity contribution in [2.75, 3.05) is 0 Å². The Morgan fingerprint density at radius 2 is 2.00 bits per heavy atom. The van der Waals surface area contributed by atoms with Gasteiger partial charge in [0.05, 0.1) is 24.2 Å². The van der Waals surface area contributed by atoms with E-state index in [1.165, 1.54) is 0 Å². The van der Waals surface area contributed by atoms with E-state index in [0.29, 0.717) is 25.2 Å². The number of tetrazole rings is 1. The molecule has 1 aliphatic rings. The number of hydrogen-bond acceptors (Lipinski definition) is 6. The van der Waals surface area contributed by atoms with E-state index >= 15 is 0 Å². The van der Waals surface area contributed by atoms with E-state index in [2.05, 4.69) is 32.5 Å². The molecule has 5 rings (SSSR count). The lowest BCUT2D eigenvalue weighted by Gasteiger charge is -2.33. The van der Waals surface area contributed by atoms with Gasteiger partial charge >= 0.3 is 11.7 Å². The van der Waals surface area contributed by atoms with E-state index in [1.54, 1.807) is 15.3 Å². The maximum atomic E-state index is 13.3. The number of nitrogens with zero attached hydrogens (tertiary/aromatic N) is 6. The van der Waals surface area contributed by atoms with Crippen LogP contribution in [0.15, 0.2) is 53.6 Å². The molecule has 3 heterocycles. The number of carboxylic acids is 1. The lowest BCUT2D eigenvalue weighted by molar-refractivity contribution is -0.147. The number of carboxylic acid groups (broad SMARTS) is 1. The number of unbranched alkanes of at least 4 members (excludes halogenated alkanes) is 1. The molecule has 2 atom stereocenters. The first-order valence-electron chi connectivity index (χ1n) is 11.9. The largest absolute Gasteiger partial charge is 0.481 e. The Kier molecular flexibility index (Phi) is 6.26. The number of nitrogens with one attached hydrogen (secondary N) is 1. The van der Waals surface area contributed by atoms with Gasteiger partial charge in [-0.1, -0.05) is 43.7 Å². The van der Waals surface area contributed by atoms with Crippen LogP contribution in [0, 0.1) is 5.92 Å². The summed E-state index contributed by atoms with van der Waals surface area (Å²) in [7, 11) is 0. The molecule has 180 valence electrons. The number of hydrogen-bond donors (Lipinski definition) is 2. The van der Waals surface area contributed by atoms with Crippen molar-refractivity contribution in [1.82, 2.24) is 34.7 Å². The van der Waals surface area contributed by atoms with Crippen molar-refractivity contribution in [1.29, 1.82) is 0 Å². The highest BCUT2D eigenvalue weighted by Gasteiger charge is 2.39. The van der Waals surface area contributed by atoms with Gasteiger partial charge in [0.15, 0.2) is 0 Å². The topological polar surface area (TPSA) is 132 Å². The number of aryl methyl sites for hydroxylation is 1. The summed E-state index contributed by atoms with van der Waals surface area (Å²) in [6.07, 6.45) is 7.68. The molecule has 4 aromatic rings. The fraction of sp³-hybridized carbons (Fsp3) is 0.360. The minimum absolute atomic E-state index is 0.166. The van der Waals surface area contributed by atoms with Crippen LogP contribution >= 0.6 is 0 Å². The van der Waals surface area contributed by atoms with Crippen LogP contribution in [0.3, 0.4) is 0 Å². The van der Waals surface area contributed by atoms with Crippen molar-refractivity contribution in [3.8, 4) is 22.5 Å². The van der Waals surface area contributed by atoms with Crippen molar-refractivity contribution in [2.24, 2.45) is 5.92 Å². The van der Waals surface area contributed by atoms with Gasteiger partial charge in [0.2, 0.25) is 5.82 Å². The first-order chi connectivity index (χ1) is 17.1. The van der Waals surface area contributed by atoms with Gasteiger partial charge in [-0.2, -0.15) is 5.21 Å². The molecule has 10 heteroatoms. The molecule has 3 aromatic heterocycles. The Hall–Kier alpha value is -4.08. The zero-order chi connectivity index (χ0) is 24.4. The zero-order valence-electron chi connectivity index (χ0n) is 19.5. The summed E-state index contributed by atoms with van der Waals surface area (Å²) in [5.41, 5.74) is 4.20. The second-order valence-corrected chi connectivity index (χ2v) is 8.91. The molecule has 0 spiro atoms. The normalized spacial score (nSPS) is 17.3. The van der Waals surface area contributed by atoms with Gasteiger partial charge in [-0.15, -0.1) is 10.2 Å². The minimum atomic E-state index is -0.839. The summed E-state index contributed by atoms with van der Waals surface area (Å²) in [6, 6.07) is 11.4. The average Bonchev–Trinajstić information content (AvgIpc) is 3.47. The van der Waals surface area contributed by atoms with Gasteiger partial charge in [0.25, 0.3) is 0 Å². The van der Waals surface area contributed by atoms with Crippen LogP contribution < -0.4 is 5.69 Å². The highest BCUT2D eigenvalue weighted by atomic mass is 16.4. The Labute approximate surface area is 201 Å². The molecule has 1 saturated carbocycles. The summed E-state index contributed by atoms with van der Waals surface area (Å²) in [5, 5.41) is 23.8. The molecule has 1 aromatic carbocycles. The van der Waals surface area contributed by atoms with Crippen LogP contribution in [0.1, 0.15) is 50.0 Å². The zero-order valence-corrected chi connectivity index (χ0v) is 19.5. The number of benzene rings is 1. The van der Waals surface area contributed by atoms with Crippen molar-refractivity contribution >= 4 is 5.97 Å². The van der Waals surface area contributed by atoms with Crippen molar-refractivity contribution in [2.45, 2.75) is 51.6 Å². The Balaban J connectivity index is 1.43. The number of pyridine rings is 1. The first kappa shape index (κ1) is 22.7. The Bertz CT molecular complexity index is 1370. The molecule has 1 aliphatic carbocycles. The third-order valence-electron chi connectivity index (χ3n) is 6.75. The molecule has 1 fully saturated rings. The predicted octanol–water partition coefficient (Wildman–Crippen LogP) is 3.32. The van der Waals surface area contributed by atoms with Gasteiger partial charge in [0.1, 0.15) is 0 Å². The third-order valence-corrected chi connectivity index (χ3v) is 6.75. The molecule has 35 heavy (non-hydrogen) atoms. The Morgan fingerprint density at radius 1 is 1.17 bits per heavy atom. The van der Waals surface area contributed by atoms with Gasteiger partial charge in [-0.25, -0.2) is 4.79 Å². The molecule has 0 radical (unpaired) electrons. The number of H-pyrrole nitrogens is 1. The summed E-state index contributed by atoms with van der Waals surface area (Å²) < 4.78 is 3.37. The highest BCUT2D eigenvalue weighted by molar-refractivity contribution is 5.79. The summed E-state index contributed by atoms with van der Waals surface area (Å²) in [6.45, 7) is 2.45. The molecule has 0 bridgehead atoms. The minimum Gasteiger partial charge on any atom is -0.481 e. The fourth-order valence-corrected chi connectivity index (χ4v) is 4.66. The number of aromatic nitrogens is 7. The van der Waals surface area contributed by atoms with Crippen LogP contribution in [-0.2, 0) is 17.8 Å². The number of rotatable bonds is 9. The summed E-state index contributed by atoms with van der Waals surface area (Å²) in [5.74, 6) is -0.831. The summed E-state index contributed by atoms with van der Waals surface area (Å²) in [4.78, 5) is 29.5. The SMILES string of the molecule is CCCCc1cn(C2CCC2C(=O)O)c(=O)n1Cc1ccc(-c2ccccc2-c2nn[nH]n2)cn1. The molecule has 0 amide bonds. The standard InChI is InChI=1S/C25H27N7O3/c1-2-3-6-18-15-32(22-12-11-21(22)24(33)34)25(35)31(18)14-17-10-9-16(13-26-17)19-7-4-5-8-20(19)23-27-29-30-28-23/h4-5,7-10,13,15,21-22H,2-3,6,11-12,14H2,1H3,(H,33,34)(H,27,28,29,30). The van der Waals surface area contributed by atoms with Crippen LogP contribution in [0.25, 0.3) is 22.5 Å². The van der Waals surface area contributed by atoms with Crippen LogP contribution in [-0.4, -0.2) is 45.8 Å². The molecule has 2 N–H and O–H groups in total. The second kappa shape index (κ2) is 9.65. The van der Waals surface area contributed by atoms with E-state index in [1.807, 2.05) is 42.6 Å². The molecule has 0 saturated heterocycles. The van der Waals surface area contributed by atoms with Crippen molar-refractivity contribution < 1.29 is 9.90 Å². The predicted molar refractivity (Wildman–Crippen MR) is 129 cm³/mol. The van der Waals surface area contributed by atoms with Gasteiger partial charge in [0, 0.05) is 29.2 Å². The van der Waals surface area contributed by atoms with Crippen molar-refractivity contribution in [3.05, 3.63) is 70.7 Å². The number of imidazole rings is 1. The number of aromatic amines is 1. The molecular formula is C25H27N7O3. The smallest absolute Gasteiger partial charge is 0.328 e. The quantitative estimate of drug-likeness (QED) is 0.381. The van der Waals surface area contributed by atoms with Gasteiger partial charge in [-0.05, 0) is 42.5 Å². The number of carbonyl (C=O) groups is 1. The molecular weight excluding hydrogens is 446 g/mol. The first-order valence-corrected chi connectivity index (χ1v) is 11.9. The monoisotopic (exact) mass is 473 g/mol. The molecule has 0 aliphatic heterocycles. The third kappa shape index (κ3) is 4.39. The molecule has 10 nitrogen and oxygen atoms in total. The maximum absolute atomic E-state index is 13.3. The van der Waals surface area contributed by atoms with Gasteiger partial charge < -0.3 is 5.11 Å². The lowest BCUT2D eigenvalue weighted by atomic mass is 9.79. The van der Waals surface area contributed by atoms with Crippen molar-refractivity contribution in [3.63, 3.8) is 0 Å². The number of aliphatic carboxylic acids is 1. The van der Waals surface area contributed by atoms with Gasteiger partial charge in [-0.3, -0.25) is 18.9 Å². The fourth-order valence-electron chi connectivity index (χ4n) is 4.66. The average molecular weight is 474 g/mol. The lowest BCUT2D eigenvalue weighted by Crippen LogP contribution is -2.40. The van der Waals surface area contributed by atoms with Crippen LogP contribution in [0.5, 0.6) is 0 Å². The highest BCUT2D eigenvalue weighted by Crippen LogP contribution is 2.38. The Morgan fingerprint density at radius 3 is 2.63 bits per heavy atom.